The van der Waals surface area contributed by atoms with Crippen LogP contribution in [0.15, 0.2) is 24.4 Å². The van der Waals surface area contributed by atoms with Gasteiger partial charge in [0.25, 0.3) is 0 Å². The number of nitrogens with zero attached hydrogens (tertiary/aromatic N) is 3. The van der Waals surface area contributed by atoms with Crippen molar-refractivity contribution >= 4 is 28.2 Å². The number of ether oxygens (including phenoxy) is 1. The Morgan fingerprint density at radius 1 is 1.50 bits per heavy atom. The van der Waals surface area contributed by atoms with Crippen molar-refractivity contribution in [3.05, 3.63) is 40.5 Å². The molecule has 3 rings (SSSR count). The van der Waals surface area contributed by atoms with E-state index in [9.17, 15) is 15.2 Å². The van der Waals surface area contributed by atoms with E-state index in [0.29, 0.717) is 29.4 Å². The molecular formula is C17H15N3O3S. The fourth-order valence-electron chi connectivity index (χ4n) is 2.61. The van der Waals surface area contributed by atoms with Gasteiger partial charge in [0.15, 0.2) is 0 Å². The van der Waals surface area contributed by atoms with Gasteiger partial charge in [0, 0.05) is 36.3 Å². The lowest BCUT2D eigenvalue weighted by molar-refractivity contribution is 0.0701. The lowest BCUT2D eigenvalue weighted by Crippen LogP contribution is -2.02. The van der Waals surface area contributed by atoms with Crippen LogP contribution in [0.4, 0.5) is 0 Å². The number of carboxylic acids is 1. The normalized spacial score (nSPS) is 10.9. The number of aryl methyl sites for hydroxylation is 1. The molecule has 0 radical (unpaired) electrons. The Hall–Kier alpha value is -2.69. The SMILES string of the molecule is COCCn1cc(C#N)c2cc(-c3nc(C)c(C(=O)O)s3)ccc21. The molecule has 0 atom stereocenters. The molecular weight excluding hydrogens is 326 g/mol. The standard InChI is InChI=1S/C17H15N3O3S/c1-10-15(17(21)22)24-16(19-10)11-3-4-14-13(7-11)12(8-18)9-20(14)5-6-23-2/h3-4,7,9H,5-6H2,1-2H3,(H,21,22). The number of fused-ring (bicyclic) bond motifs is 1. The van der Waals surface area contributed by atoms with Gasteiger partial charge >= 0.3 is 5.97 Å². The average Bonchev–Trinajstić information content (AvgIpc) is 3.13. The van der Waals surface area contributed by atoms with Crippen LogP contribution in [0.25, 0.3) is 21.5 Å². The van der Waals surface area contributed by atoms with Gasteiger partial charge in [-0.1, -0.05) is 0 Å². The van der Waals surface area contributed by atoms with Crippen LogP contribution in [0, 0.1) is 18.3 Å². The molecule has 1 aromatic carbocycles. The van der Waals surface area contributed by atoms with E-state index >= 15 is 0 Å². The van der Waals surface area contributed by atoms with Crippen molar-refractivity contribution in [3.63, 3.8) is 0 Å². The number of carbonyl (C=O) groups is 1. The van der Waals surface area contributed by atoms with E-state index in [4.69, 9.17) is 4.74 Å². The number of benzene rings is 1. The fraction of sp³-hybridized carbons (Fsp3) is 0.235. The van der Waals surface area contributed by atoms with Crippen LogP contribution in [0.1, 0.15) is 20.9 Å². The third-order valence-electron chi connectivity index (χ3n) is 3.78. The molecule has 1 N–H and O–H groups in total. The molecule has 6 nitrogen and oxygen atoms in total. The highest BCUT2D eigenvalue weighted by Crippen LogP contribution is 2.31. The second kappa shape index (κ2) is 6.43. The second-order valence-electron chi connectivity index (χ2n) is 5.31. The predicted molar refractivity (Wildman–Crippen MR) is 91.3 cm³/mol. The smallest absolute Gasteiger partial charge is 0.347 e. The molecule has 0 saturated carbocycles. The van der Waals surface area contributed by atoms with E-state index in [2.05, 4.69) is 11.1 Å². The van der Waals surface area contributed by atoms with Crippen LogP contribution >= 0.6 is 11.3 Å². The molecule has 7 heteroatoms. The number of methoxy groups -OCH3 is 1. The minimum atomic E-state index is -0.972. The Labute approximate surface area is 142 Å². The van der Waals surface area contributed by atoms with Crippen LogP contribution in [-0.2, 0) is 11.3 Å². The largest absolute Gasteiger partial charge is 0.477 e. The molecule has 0 aliphatic carbocycles. The van der Waals surface area contributed by atoms with Crippen molar-refractivity contribution in [1.29, 1.82) is 5.26 Å². The van der Waals surface area contributed by atoms with Gasteiger partial charge in [0.1, 0.15) is 16.0 Å². The highest BCUT2D eigenvalue weighted by atomic mass is 32.1. The molecule has 0 aliphatic rings. The minimum Gasteiger partial charge on any atom is -0.477 e. The van der Waals surface area contributed by atoms with Crippen LogP contribution < -0.4 is 0 Å². The molecule has 0 fully saturated rings. The van der Waals surface area contributed by atoms with Crippen molar-refractivity contribution < 1.29 is 14.6 Å². The average molecular weight is 341 g/mol. The topological polar surface area (TPSA) is 88.1 Å². The highest BCUT2D eigenvalue weighted by Gasteiger charge is 2.16. The van der Waals surface area contributed by atoms with Crippen LogP contribution in [0.5, 0.6) is 0 Å². The number of carboxylic acid groups (broad SMARTS) is 1. The van der Waals surface area contributed by atoms with E-state index in [1.54, 1.807) is 14.0 Å². The first-order valence-electron chi connectivity index (χ1n) is 7.28. The summed E-state index contributed by atoms with van der Waals surface area (Å²) in [5.41, 5.74) is 2.83. The monoisotopic (exact) mass is 341 g/mol. The zero-order chi connectivity index (χ0) is 17.3. The van der Waals surface area contributed by atoms with Crippen molar-refractivity contribution in [2.45, 2.75) is 13.5 Å². The van der Waals surface area contributed by atoms with Gasteiger partial charge in [0.2, 0.25) is 0 Å². The van der Waals surface area contributed by atoms with Gasteiger partial charge in [-0.05, 0) is 25.1 Å². The van der Waals surface area contributed by atoms with Crippen LogP contribution in [0.3, 0.4) is 0 Å². The third kappa shape index (κ3) is 2.77. The van der Waals surface area contributed by atoms with E-state index < -0.39 is 5.97 Å². The number of aromatic nitrogens is 2. The van der Waals surface area contributed by atoms with Gasteiger partial charge in [-0.3, -0.25) is 0 Å². The first kappa shape index (κ1) is 16.2. The van der Waals surface area contributed by atoms with Crippen LogP contribution in [-0.4, -0.2) is 34.3 Å². The Morgan fingerprint density at radius 2 is 2.29 bits per heavy atom. The zero-order valence-corrected chi connectivity index (χ0v) is 14.1. The Bertz CT molecular complexity index is 966. The van der Waals surface area contributed by atoms with Crippen molar-refractivity contribution in [2.75, 3.05) is 13.7 Å². The third-order valence-corrected chi connectivity index (χ3v) is 4.97. The summed E-state index contributed by atoms with van der Waals surface area (Å²) in [6.07, 6.45) is 1.81. The van der Waals surface area contributed by atoms with Gasteiger partial charge < -0.3 is 14.4 Å². The highest BCUT2D eigenvalue weighted by molar-refractivity contribution is 7.17. The zero-order valence-electron chi connectivity index (χ0n) is 13.2. The summed E-state index contributed by atoms with van der Waals surface area (Å²) in [6.45, 7) is 2.90. The summed E-state index contributed by atoms with van der Waals surface area (Å²) in [5.74, 6) is -0.972. The summed E-state index contributed by atoms with van der Waals surface area (Å²) < 4.78 is 7.08. The first-order chi connectivity index (χ1) is 11.5. The van der Waals surface area contributed by atoms with Gasteiger partial charge in [-0.25, -0.2) is 9.78 Å². The summed E-state index contributed by atoms with van der Waals surface area (Å²) in [5, 5.41) is 20.0. The minimum absolute atomic E-state index is 0.239. The fourth-order valence-corrected chi connectivity index (χ4v) is 3.51. The van der Waals surface area contributed by atoms with Crippen molar-refractivity contribution in [2.24, 2.45) is 0 Å². The van der Waals surface area contributed by atoms with Gasteiger partial charge in [-0.2, -0.15) is 5.26 Å². The molecule has 24 heavy (non-hydrogen) atoms. The summed E-state index contributed by atoms with van der Waals surface area (Å²) in [7, 11) is 1.64. The molecule has 0 unspecified atom stereocenters. The molecule has 3 aromatic rings. The molecule has 2 aromatic heterocycles. The molecule has 2 heterocycles. The first-order valence-corrected chi connectivity index (χ1v) is 8.09. The molecule has 0 saturated heterocycles. The van der Waals surface area contributed by atoms with Crippen LogP contribution in [0.2, 0.25) is 0 Å². The number of aromatic carboxylic acids is 1. The van der Waals surface area contributed by atoms with E-state index in [1.807, 2.05) is 29.0 Å². The quantitative estimate of drug-likeness (QED) is 0.769. The van der Waals surface area contributed by atoms with Crippen molar-refractivity contribution in [1.82, 2.24) is 9.55 Å². The number of thiazole rings is 1. The Kier molecular flexibility index (Phi) is 4.34. The molecule has 0 aliphatic heterocycles. The lowest BCUT2D eigenvalue weighted by atomic mass is 10.1. The summed E-state index contributed by atoms with van der Waals surface area (Å²) in [4.78, 5) is 15.8. The summed E-state index contributed by atoms with van der Waals surface area (Å²) >= 11 is 1.14. The molecule has 122 valence electrons. The number of nitriles is 1. The number of hydrogen-bond donors (Lipinski definition) is 1. The van der Waals surface area contributed by atoms with E-state index in [1.165, 1.54) is 0 Å². The maximum Gasteiger partial charge on any atom is 0.347 e. The second-order valence-corrected chi connectivity index (χ2v) is 6.31. The molecule has 0 spiro atoms. The Balaban J connectivity index is 2.10. The summed E-state index contributed by atoms with van der Waals surface area (Å²) in [6, 6.07) is 7.93. The molecule has 0 bridgehead atoms. The maximum absolute atomic E-state index is 11.2. The lowest BCUT2D eigenvalue weighted by Gasteiger charge is -2.04. The van der Waals surface area contributed by atoms with E-state index in [0.717, 1.165) is 27.8 Å². The van der Waals surface area contributed by atoms with Gasteiger partial charge in [0.05, 0.1) is 17.9 Å². The molecule has 0 amide bonds. The number of rotatable bonds is 5. The predicted octanol–water partition coefficient (Wildman–Crippen LogP) is 3.29. The van der Waals surface area contributed by atoms with E-state index in [-0.39, 0.29) is 4.88 Å². The van der Waals surface area contributed by atoms with Crippen molar-refractivity contribution in [3.8, 4) is 16.6 Å². The van der Waals surface area contributed by atoms with Gasteiger partial charge in [-0.15, -0.1) is 11.3 Å². The Morgan fingerprint density at radius 3 is 2.92 bits per heavy atom. The number of hydrogen-bond acceptors (Lipinski definition) is 5. The maximum atomic E-state index is 11.2.